The van der Waals surface area contributed by atoms with E-state index in [9.17, 15) is 9.90 Å². The molecule has 4 heteroatoms. The molecule has 0 heterocycles. The highest BCUT2D eigenvalue weighted by Gasteiger charge is 2.31. The highest BCUT2D eigenvalue weighted by atomic mass is 79.9. The van der Waals surface area contributed by atoms with Crippen molar-refractivity contribution in [1.29, 1.82) is 0 Å². The Labute approximate surface area is 128 Å². The first-order valence-corrected chi connectivity index (χ1v) is 8.33. The number of amides is 1. The van der Waals surface area contributed by atoms with Gasteiger partial charge in [0.05, 0.1) is 0 Å². The maximum absolute atomic E-state index is 12.3. The average molecular weight is 340 g/mol. The standard InChI is InChI=1S/C16H22BrNO2/c1-12-13(6-5-7-14(12)19)15(20)18-11-16(10-17)8-3-2-4-9-16/h5-7,19H,2-4,8-11H2,1H3,(H,18,20). The lowest BCUT2D eigenvalue weighted by atomic mass is 9.75. The van der Waals surface area contributed by atoms with Gasteiger partial charge in [-0.05, 0) is 37.3 Å². The molecular weight excluding hydrogens is 318 g/mol. The third kappa shape index (κ3) is 3.35. The normalized spacial score (nSPS) is 17.7. The van der Waals surface area contributed by atoms with E-state index < -0.39 is 0 Å². The monoisotopic (exact) mass is 339 g/mol. The number of hydrogen-bond donors (Lipinski definition) is 2. The predicted molar refractivity (Wildman–Crippen MR) is 84.5 cm³/mol. The molecule has 1 saturated carbocycles. The van der Waals surface area contributed by atoms with Crippen molar-refractivity contribution in [2.24, 2.45) is 5.41 Å². The van der Waals surface area contributed by atoms with Gasteiger partial charge in [0.2, 0.25) is 0 Å². The number of carbonyl (C=O) groups is 1. The summed E-state index contributed by atoms with van der Waals surface area (Å²) in [6, 6.07) is 5.07. The van der Waals surface area contributed by atoms with Crippen LogP contribution < -0.4 is 5.32 Å². The van der Waals surface area contributed by atoms with Crippen LogP contribution in [0.2, 0.25) is 0 Å². The predicted octanol–water partition coefficient (Wildman–Crippen LogP) is 3.78. The molecule has 1 aliphatic carbocycles. The molecule has 0 unspecified atom stereocenters. The van der Waals surface area contributed by atoms with Gasteiger partial charge in [0, 0.05) is 23.0 Å². The molecule has 0 atom stereocenters. The summed E-state index contributed by atoms with van der Waals surface area (Å²) in [5.74, 6) is 0.0785. The van der Waals surface area contributed by atoms with Gasteiger partial charge in [-0.2, -0.15) is 0 Å². The molecule has 0 bridgehead atoms. The molecule has 0 aliphatic heterocycles. The average Bonchev–Trinajstić information content (AvgIpc) is 2.48. The van der Waals surface area contributed by atoms with Crippen LogP contribution in [-0.2, 0) is 0 Å². The number of benzene rings is 1. The largest absolute Gasteiger partial charge is 0.508 e. The van der Waals surface area contributed by atoms with E-state index in [2.05, 4.69) is 21.2 Å². The van der Waals surface area contributed by atoms with Gasteiger partial charge in [-0.15, -0.1) is 0 Å². The Kier molecular flexibility index (Phi) is 5.08. The maximum Gasteiger partial charge on any atom is 0.251 e. The maximum atomic E-state index is 12.3. The van der Waals surface area contributed by atoms with E-state index >= 15 is 0 Å². The molecule has 2 N–H and O–H groups in total. The summed E-state index contributed by atoms with van der Waals surface area (Å²) < 4.78 is 0. The van der Waals surface area contributed by atoms with Gasteiger partial charge in [0.15, 0.2) is 0 Å². The van der Waals surface area contributed by atoms with E-state index in [1.807, 2.05) is 0 Å². The number of hydrogen-bond acceptors (Lipinski definition) is 2. The molecule has 1 fully saturated rings. The molecule has 20 heavy (non-hydrogen) atoms. The second-order valence-electron chi connectivity index (χ2n) is 5.83. The first-order valence-electron chi connectivity index (χ1n) is 7.21. The van der Waals surface area contributed by atoms with Crippen molar-refractivity contribution in [2.45, 2.75) is 39.0 Å². The number of rotatable bonds is 4. The smallest absolute Gasteiger partial charge is 0.251 e. The molecule has 3 nitrogen and oxygen atoms in total. The molecule has 1 amide bonds. The summed E-state index contributed by atoms with van der Waals surface area (Å²) in [6.45, 7) is 2.47. The molecule has 1 aromatic carbocycles. The van der Waals surface area contributed by atoms with E-state index in [1.54, 1.807) is 25.1 Å². The Hall–Kier alpha value is -1.03. The molecule has 0 saturated heterocycles. The van der Waals surface area contributed by atoms with Gasteiger partial charge >= 0.3 is 0 Å². The fourth-order valence-corrected chi connectivity index (χ4v) is 3.65. The van der Waals surface area contributed by atoms with Crippen LogP contribution in [0.3, 0.4) is 0 Å². The van der Waals surface area contributed by atoms with Crippen LogP contribution in [0.1, 0.15) is 48.0 Å². The number of phenolic OH excluding ortho intramolecular Hbond substituents is 1. The van der Waals surface area contributed by atoms with E-state index in [4.69, 9.17) is 0 Å². The first-order chi connectivity index (χ1) is 9.58. The number of phenols is 1. The minimum atomic E-state index is -0.0932. The summed E-state index contributed by atoms with van der Waals surface area (Å²) in [5.41, 5.74) is 1.39. The van der Waals surface area contributed by atoms with Crippen molar-refractivity contribution < 1.29 is 9.90 Å². The molecule has 1 aliphatic rings. The Morgan fingerprint density at radius 2 is 2.05 bits per heavy atom. The number of nitrogens with one attached hydrogen (secondary N) is 1. The highest BCUT2D eigenvalue weighted by Crippen LogP contribution is 2.37. The number of carbonyl (C=O) groups excluding carboxylic acids is 1. The third-order valence-electron chi connectivity index (χ3n) is 4.37. The van der Waals surface area contributed by atoms with Crippen LogP contribution in [0.25, 0.3) is 0 Å². The van der Waals surface area contributed by atoms with Gasteiger partial charge in [0.1, 0.15) is 5.75 Å². The minimum Gasteiger partial charge on any atom is -0.508 e. The Balaban J connectivity index is 2.02. The fourth-order valence-electron chi connectivity index (χ4n) is 2.89. The van der Waals surface area contributed by atoms with Crippen molar-refractivity contribution in [3.05, 3.63) is 29.3 Å². The molecule has 0 aromatic heterocycles. The molecule has 110 valence electrons. The minimum absolute atomic E-state index is 0.0932. The quantitative estimate of drug-likeness (QED) is 0.820. The van der Waals surface area contributed by atoms with Crippen LogP contribution in [0.4, 0.5) is 0 Å². The van der Waals surface area contributed by atoms with E-state index in [0.29, 0.717) is 17.7 Å². The van der Waals surface area contributed by atoms with E-state index in [-0.39, 0.29) is 17.1 Å². The van der Waals surface area contributed by atoms with Crippen molar-refractivity contribution in [1.82, 2.24) is 5.32 Å². The molecule has 1 aromatic rings. The van der Waals surface area contributed by atoms with Gasteiger partial charge < -0.3 is 10.4 Å². The zero-order valence-electron chi connectivity index (χ0n) is 11.9. The number of alkyl halides is 1. The van der Waals surface area contributed by atoms with Gasteiger partial charge in [-0.3, -0.25) is 4.79 Å². The Morgan fingerprint density at radius 3 is 2.70 bits per heavy atom. The summed E-state index contributed by atoms with van der Waals surface area (Å²) in [6.07, 6.45) is 6.11. The summed E-state index contributed by atoms with van der Waals surface area (Å²) >= 11 is 3.61. The van der Waals surface area contributed by atoms with Crippen LogP contribution in [0.15, 0.2) is 18.2 Å². The lowest BCUT2D eigenvalue weighted by Crippen LogP contribution is -2.40. The van der Waals surface area contributed by atoms with Crippen molar-refractivity contribution >= 4 is 21.8 Å². The molecule has 0 radical (unpaired) electrons. The molecular formula is C16H22BrNO2. The van der Waals surface area contributed by atoms with Gasteiger partial charge in [-0.1, -0.05) is 41.3 Å². The second-order valence-corrected chi connectivity index (χ2v) is 6.39. The Morgan fingerprint density at radius 1 is 1.35 bits per heavy atom. The number of aromatic hydroxyl groups is 1. The molecule has 0 spiro atoms. The van der Waals surface area contributed by atoms with Crippen LogP contribution in [-0.4, -0.2) is 22.9 Å². The summed E-state index contributed by atoms with van der Waals surface area (Å²) in [4.78, 5) is 12.3. The zero-order valence-corrected chi connectivity index (χ0v) is 13.5. The lowest BCUT2D eigenvalue weighted by molar-refractivity contribution is 0.0921. The van der Waals surface area contributed by atoms with Crippen molar-refractivity contribution in [2.75, 3.05) is 11.9 Å². The van der Waals surface area contributed by atoms with E-state index in [1.165, 1.54) is 19.3 Å². The van der Waals surface area contributed by atoms with Crippen LogP contribution in [0.5, 0.6) is 5.75 Å². The Bertz CT molecular complexity index is 481. The summed E-state index contributed by atoms with van der Waals surface area (Å²) in [5, 5.41) is 13.7. The van der Waals surface area contributed by atoms with Crippen LogP contribution in [0, 0.1) is 12.3 Å². The molecule has 2 rings (SSSR count). The summed E-state index contributed by atoms with van der Waals surface area (Å²) in [7, 11) is 0. The van der Waals surface area contributed by atoms with Crippen molar-refractivity contribution in [3.63, 3.8) is 0 Å². The number of halogens is 1. The first kappa shape index (κ1) is 15.4. The highest BCUT2D eigenvalue weighted by molar-refractivity contribution is 9.09. The topological polar surface area (TPSA) is 49.3 Å². The lowest BCUT2D eigenvalue weighted by Gasteiger charge is -2.35. The van der Waals surface area contributed by atoms with Crippen molar-refractivity contribution in [3.8, 4) is 5.75 Å². The van der Waals surface area contributed by atoms with Gasteiger partial charge in [0.25, 0.3) is 5.91 Å². The SMILES string of the molecule is Cc1c(O)cccc1C(=O)NCC1(CBr)CCCCC1. The second kappa shape index (κ2) is 6.61. The zero-order chi connectivity index (χ0) is 14.6. The van der Waals surface area contributed by atoms with Crippen LogP contribution >= 0.6 is 15.9 Å². The van der Waals surface area contributed by atoms with E-state index in [0.717, 1.165) is 18.2 Å². The van der Waals surface area contributed by atoms with Gasteiger partial charge in [-0.25, -0.2) is 0 Å². The third-order valence-corrected chi connectivity index (χ3v) is 5.56. The fraction of sp³-hybridized carbons (Fsp3) is 0.562.